The van der Waals surface area contributed by atoms with Gasteiger partial charge in [0.25, 0.3) is 0 Å². The number of hydrogen-bond donors (Lipinski definition) is 1. The van der Waals surface area contributed by atoms with Crippen LogP contribution in [0.15, 0.2) is 22.8 Å². The molecule has 0 aromatic carbocycles. The maximum absolute atomic E-state index is 5.39. The van der Waals surface area contributed by atoms with Crippen LogP contribution < -0.4 is 5.73 Å². The minimum Gasteiger partial charge on any atom is -0.467 e. The molecule has 0 amide bonds. The zero-order valence-corrected chi connectivity index (χ0v) is 5.91. The Labute approximate surface area is 59.8 Å². The molecule has 0 unspecified atom stereocenters. The van der Waals surface area contributed by atoms with Gasteiger partial charge in [-0.15, -0.1) is 0 Å². The van der Waals surface area contributed by atoms with E-state index < -0.39 is 0 Å². The van der Waals surface area contributed by atoms with E-state index in [1.54, 1.807) is 13.4 Å². The average molecular weight is 141 g/mol. The van der Waals surface area contributed by atoms with E-state index >= 15 is 0 Å². The van der Waals surface area contributed by atoms with E-state index in [9.17, 15) is 0 Å². The summed E-state index contributed by atoms with van der Waals surface area (Å²) in [6.07, 6.45) is 1.51. The third-order valence-electron chi connectivity index (χ3n) is 1.36. The summed E-state index contributed by atoms with van der Waals surface area (Å²) in [6, 6.07) is 3.66. The molecule has 1 atom stereocenters. The van der Waals surface area contributed by atoms with E-state index in [2.05, 4.69) is 0 Å². The summed E-state index contributed by atoms with van der Waals surface area (Å²) in [7, 11) is 1.61. The lowest BCUT2D eigenvalue weighted by molar-refractivity contribution is 0.0909. The van der Waals surface area contributed by atoms with Gasteiger partial charge in [-0.1, -0.05) is 0 Å². The molecular weight excluding hydrogens is 130 g/mol. The molecule has 0 spiro atoms. The van der Waals surface area contributed by atoms with E-state index in [4.69, 9.17) is 14.9 Å². The summed E-state index contributed by atoms with van der Waals surface area (Å²) in [5.41, 5.74) is 5.39. The Hall–Kier alpha value is -0.800. The normalized spacial score (nSPS) is 13.4. The number of methoxy groups -OCH3 is 1. The maximum Gasteiger partial charge on any atom is 0.133 e. The molecule has 0 saturated carbocycles. The van der Waals surface area contributed by atoms with Crippen molar-refractivity contribution in [3.05, 3.63) is 24.2 Å². The van der Waals surface area contributed by atoms with Crippen LogP contribution in [0.5, 0.6) is 0 Å². The van der Waals surface area contributed by atoms with Crippen LogP contribution in [0.1, 0.15) is 11.9 Å². The standard InChI is InChI=1S/C7H11NO2/c1-9-7(5-8)6-3-2-4-10-6/h2-4,7H,5,8H2,1H3/t7-/m0/s1. The van der Waals surface area contributed by atoms with Gasteiger partial charge in [0.15, 0.2) is 0 Å². The third-order valence-corrected chi connectivity index (χ3v) is 1.36. The van der Waals surface area contributed by atoms with Crippen LogP contribution in [0.4, 0.5) is 0 Å². The number of hydrogen-bond acceptors (Lipinski definition) is 3. The molecule has 3 heteroatoms. The Morgan fingerprint density at radius 2 is 2.60 bits per heavy atom. The Kier molecular flexibility index (Phi) is 2.48. The molecule has 0 aliphatic heterocycles. The molecular formula is C7H11NO2. The van der Waals surface area contributed by atoms with Crippen LogP contribution in [0, 0.1) is 0 Å². The lowest BCUT2D eigenvalue weighted by Crippen LogP contribution is -2.13. The van der Waals surface area contributed by atoms with E-state index in [1.165, 1.54) is 0 Å². The van der Waals surface area contributed by atoms with E-state index in [0.29, 0.717) is 6.54 Å². The first kappa shape index (κ1) is 7.31. The second-order valence-electron chi connectivity index (χ2n) is 1.98. The third kappa shape index (κ3) is 1.37. The molecule has 1 heterocycles. The fraction of sp³-hybridized carbons (Fsp3) is 0.429. The molecule has 0 aliphatic rings. The van der Waals surface area contributed by atoms with Crippen molar-refractivity contribution >= 4 is 0 Å². The van der Waals surface area contributed by atoms with Gasteiger partial charge >= 0.3 is 0 Å². The van der Waals surface area contributed by atoms with Crippen molar-refractivity contribution in [2.24, 2.45) is 5.73 Å². The van der Waals surface area contributed by atoms with Gasteiger partial charge < -0.3 is 14.9 Å². The largest absolute Gasteiger partial charge is 0.467 e. The number of nitrogens with two attached hydrogens (primary N) is 1. The quantitative estimate of drug-likeness (QED) is 0.681. The smallest absolute Gasteiger partial charge is 0.133 e. The Morgan fingerprint density at radius 1 is 1.80 bits per heavy atom. The first-order valence-corrected chi connectivity index (χ1v) is 3.14. The minimum atomic E-state index is -0.102. The Bertz CT molecular complexity index is 168. The molecule has 0 bridgehead atoms. The van der Waals surface area contributed by atoms with Crippen molar-refractivity contribution in [3.63, 3.8) is 0 Å². The molecule has 10 heavy (non-hydrogen) atoms. The molecule has 2 N–H and O–H groups in total. The average Bonchev–Trinajstić information content (AvgIpc) is 2.43. The van der Waals surface area contributed by atoms with Gasteiger partial charge in [-0.2, -0.15) is 0 Å². The highest BCUT2D eigenvalue weighted by Crippen LogP contribution is 2.14. The predicted octanol–water partition coefficient (Wildman–Crippen LogP) is 0.926. The van der Waals surface area contributed by atoms with E-state index in [0.717, 1.165) is 5.76 Å². The number of furan rings is 1. The zero-order valence-electron chi connectivity index (χ0n) is 5.91. The van der Waals surface area contributed by atoms with Crippen LogP contribution in [0.2, 0.25) is 0 Å². The van der Waals surface area contributed by atoms with Gasteiger partial charge in [-0.05, 0) is 12.1 Å². The molecule has 0 fully saturated rings. The van der Waals surface area contributed by atoms with Gasteiger partial charge in [-0.3, -0.25) is 0 Å². The van der Waals surface area contributed by atoms with Crippen LogP contribution >= 0.6 is 0 Å². The second-order valence-corrected chi connectivity index (χ2v) is 1.98. The molecule has 0 saturated heterocycles. The highest BCUT2D eigenvalue weighted by atomic mass is 16.5. The molecule has 56 valence electrons. The second kappa shape index (κ2) is 3.39. The lowest BCUT2D eigenvalue weighted by atomic mass is 10.3. The van der Waals surface area contributed by atoms with Crippen LogP contribution in [0.25, 0.3) is 0 Å². The maximum atomic E-state index is 5.39. The highest BCUT2D eigenvalue weighted by molar-refractivity contribution is 5.02. The van der Waals surface area contributed by atoms with Gasteiger partial charge in [0.2, 0.25) is 0 Å². The molecule has 1 aromatic rings. The summed E-state index contributed by atoms with van der Waals surface area (Å²) >= 11 is 0. The molecule has 0 radical (unpaired) electrons. The zero-order chi connectivity index (χ0) is 7.40. The topological polar surface area (TPSA) is 48.4 Å². The van der Waals surface area contributed by atoms with E-state index in [-0.39, 0.29) is 6.10 Å². The van der Waals surface area contributed by atoms with Gasteiger partial charge in [0, 0.05) is 13.7 Å². The molecule has 3 nitrogen and oxygen atoms in total. The Balaban J connectivity index is 2.64. The summed E-state index contributed by atoms with van der Waals surface area (Å²) in [6.45, 7) is 0.448. The van der Waals surface area contributed by atoms with Crippen molar-refractivity contribution in [1.29, 1.82) is 0 Å². The molecule has 1 aromatic heterocycles. The van der Waals surface area contributed by atoms with Crippen LogP contribution in [-0.2, 0) is 4.74 Å². The van der Waals surface area contributed by atoms with Crippen LogP contribution in [-0.4, -0.2) is 13.7 Å². The fourth-order valence-electron chi connectivity index (χ4n) is 0.803. The molecule has 1 rings (SSSR count). The van der Waals surface area contributed by atoms with Crippen molar-refractivity contribution in [2.45, 2.75) is 6.10 Å². The van der Waals surface area contributed by atoms with Crippen molar-refractivity contribution in [1.82, 2.24) is 0 Å². The highest BCUT2D eigenvalue weighted by Gasteiger charge is 2.09. The fourth-order valence-corrected chi connectivity index (χ4v) is 0.803. The predicted molar refractivity (Wildman–Crippen MR) is 37.5 cm³/mol. The van der Waals surface area contributed by atoms with Crippen molar-refractivity contribution in [2.75, 3.05) is 13.7 Å². The first-order chi connectivity index (χ1) is 4.88. The van der Waals surface area contributed by atoms with Gasteiger partial charge in [0.05, 0.1) is 6.26 Å². The van der Waals surface area contributed by atoms with Crippen molar-refractivity contribution in [3.8, 4) is 0 Å². The number of rotatable bonds is 3. The van der Waals surface area contributed by atoms with Crippen LogP contribution in [0.3, 0.4) is 0 Å². The monoisotopic (exact) mass is 141 g/mol. The first-order valence-electron chi connectivity index (χ1n) is 3.14. The van der Waals surface area contributed by atoms with E-state index in [1.807, 2.05) is 12.1 Å². The van der Waals surface area contributed by atoms with Gasteiger partial charge in [0.1, 0.15) is 11.9 Å². The van der Waals surface area contributed by atoms with Gasteiger partial charge in [-0.25, -0.2) is 0 Å². The summed E-state index contributed by atoms with van der Waals surface area (Å²) in [5, 5.41) is 0. The SMILES string of the molecule is CO[C@@H](CN)c1ccco1. The summed E-state index contributed by atoms with van der Waals surface area (Å²) in [4.78, 5) is 0. The Morgan fingerprint density at radius 3 is 3.00 bits per heavy atom. The summed E-state index contributed by atoms with van der Waals surface area (Å²) < 4.78 is 10.1. The van der Waals surface area contributed by atoms with Crippen molar-refractivity contribution < 1.29 is 9.15 Å². The minimum absolute atomic E-state index is 0.102. The number of ether oxygens (including phenoxy) is 1. The molecule has 0 aliphatic carbocycles. The summed E-state index contributed by atoms with van der Waals surface area (Å²) in [5.74, 6) is 0.782. The lowest BCUT2D eigenvalue weighted by Gasteiger charge is -2.07.